The predicted molar refractivity (Wildman–Crippen MR) is 61.6 cm³/mol. The van der Waals surface area contributed by atoms with Gasteiger partial charge in [0.1, 0.15) is 0 Å². The molecule has 15 heavy (non-hydrogen) atoms. The molecule has 0 saturated carbocycles. The smallest absolute Gasteiger partial charge is 0.251 e. The molecule has 2 heteroatoms. The predicted octanol–water partition coefficient (Wildman–Crippen LogP) is 2.14. The van der Waals surface area contributed by atoms with Crippen molar-refractivity contribution in [2.75, 3.05) is 0 Å². The van der Waals surface area contributed by atoms with Crippen LogP contribution in [0.25, 0.3) is 0 Å². The molecule has 0 heterocycles. The zero-order chi connectivity index (χ0) is 11.3. The van der Waals surface area contributed by atoms with Crippen molar-refractivity contribution in [3.63, 3.8) is 0 Å². The highest BCUT2D eigenvalue weighted by Gasteiger charge is 2.08. The fourth-order valence-electron chi connectivity index (χ4n) is 1.32. The number of benzene rings is 1. The molecular formula is C13H15NO. The van der Waals surface area contributed by atoms with Gasteiger partial charge in [-0.2, -0.15) is 0 Å². The summed E-state index contributed by atoms with van der Waals surface area (Å²) in [4.78, 5) is 11.7. The molecule has 78 valence electrons. The van der Waals surface area contributed by atoms with Crippen molar-refractivity contribution < 1.29 is 4.79 Å². The van der Waals surface area contributed by atoms with Crippen LogP contribution < -0.4 is 5.32 Å². The summed E-state index contributed by atoms with van der Waals surface area (Å²) in [5.74, 6) is 2.45. The van der Waals surface area contributed by atoms with E-state index in [2.05, 4.69) is 11.2 Å². The van der Waals surface area contributed by atoms with Crippen molar-refractivity contribution in [1.29, 1.82) is 0 Å². The van der Waals surface area contributed by atoms with Crippen molar-refractivity contribution in [1.82, 2.24) is 5.32 Å². The van der Waals surface area contributed by atoms with E-state index in [9.17, 15) is 4.79 Å². The molecule has 1 aromatic carbocycles. The molecule has 1 amide bonds. The molecule has 1 aromatic rings. The van der Waals surface area contributed by atoms with Crippen LogP contribution in [0.3, 0.4) is 0 Å². The van der Waals surface area contributed by atoms with Crippen molar-refractivity contribution >= 4 is 5.91 Å². The Kier molecular flexibility index (Phi) is 3.93. The number of hydrogen-bond donors (Lipinski definition) is 1. The van der Waals surface area contributed by atoms with Crippen LogP contribution in [-0.4, -0.2) is 11.9 Å². The lowest BCUT2D eigenvalue weighted by atomic mass is 10.1. The van der Waals surface area contributed by atoms with Crippen LogP contribution in [0.4, 0.5) is 0 Å². The first-order chi connectivity index (χ1) is 7.13. The molecule has 1 unspecified atom stereocenters. The molecule has 0 aliphatic heterocycles. The quantitative estimate of drug-likeness (QED) is 0.746. The second kappa shape index (κ2) is 5.21. The largest absolute Gasteiger partial charge is 0.349 e. The van der Waals surface area contributed by atoms with Gasteiger partial charge >= 0.3 is 0 Å². The molecule has 0 spiro atoms. The van der Waals surface area contributed by atoms with Crippen LogP contribution in [0.1, 0.15) is 29.3 Å². The maximum absolute atomic E-state index is 11.7. The Morgan fingerprint density at radius 1 is 1.60 bits per heavy atom. The molecule has 0 saturated heterocycles. The van der Waals surface area contributed by atoms with E-state index in [1.54, 1.807) is 6.07 Å². The summed E-state index contributed by atoms with van der Waals surface area (Å²) in [6.07, 6.45) is 5.72. The molecule has 0 bridgehead atoms. The monoisotopic (exact) mass is 201 g/mol. The van der Waals surface area contributed by atoms with Gasteiger partial charge in [-0.25, -0.2) is 0 Å². The van der Waals surface area contributed by atoms with E-state index in [0.29, 0.717) is 12.0 Å². The van der Waals surface area contributed by atoms with Gasteiger partial charge in [-0.05, 0) is 26.0 Å². The van der Waals surface area contributed by atoms with Gasteiger partial charge in [0.05, 0.1) is 0 Å². The molecule has 0 aromatic heterocycles. The Morgan fingerprint density at radius 3 is 2.93 bits per heavy atom. The average Bonchev–Trinajstić information content (AvgIpc) is 2.18. The van der Waals surface area contributed by atoms with Gasteiger partial charge in [-0.3, -0.25) is 4.79 Å². The first kappa shape index (κ1) is 11.3. The Balaban J connectivity index is 2.66. The highest BCUT2D eigenvalue weighted by atomic mass is 16.1. The molecular weight excluding hydrogens is 186 g/mol. The maximum atomic E-state index is 11.7. The molecule has 0 aliphatic carbocycles. The maximum Gasteiger partial charge on any atom is 0.251 e. The lowest BCUT2D eigenvalue weighted by Crippen LogP contribution is -2.32. The van der Waals surface area contributed by atoms with E-state index in [-0.39, 0.29) is 11.9 Å². The summed E-state index contributed by atoms with van der Waals surface area (Å²) < 4.78 is 0. The van der Waals surface area contributed by atoms with Gasteiger partial charge < -0.3 is 5.32 Å². The molecule has 0 fully saturated rings. The third-order valence-corrected chi connectivity index (χ3v) is 2.08. The number of rotatable bonds is 3. The number of carbonyl (C=O) groups is 1. The van der Waals surface area contributed by atoms with E-state index in [4.69, 9.17) is 6.42 Å². The van der Waals surface area contributed by atoms with Gasteiger partial charge in [-0.15, -0.1) is 12.3 Å². The summed E-state index contributed by atoms with van der Waals surface area (Å²) in [7, 11) is 0. The van der Waals surface area contributed by atoms with E-state index in [0.717, 1.165) is 5.56 Å². The number of amides is 1. The van der Waals surface area contributed by atoms with Crippen LogP contribution in [-0.2, 0) is 0 Å². The minimum atomic E-state index is -0.0681. The van der Waals surface area contributed by atoms with Crippen LogP contribution in [0.2, 0.25) is 0 Å². The number of terminal acetylenes is 1. The third kappa shape index (κ3) is 3.47. The lowest BCUT2D eigenvalue weighted by Gasteiger charge is -2.10. The molecule has 2 nitrogen and oxygen atoms in total. The van der Waals surface area contributed by atoms with Crippen LogP contribution in [0.5, 0.6) is 0 Å². The van der Waals surface area contributed by atoms with Crippen molar-refractivity contribution in [2.45, 2.75) is 26.3 Å². The third-order valence-electron chi connectivity index (χ3n) is 2.08. The Bertz CT molecular complexity index is 390. The van der Waals surface area contributed by atoms with Gasteiger partial charge in [0, 0.05) is 18.0 Å². The van der Waals surface area contributed by atoms with Gasteiger partial charge in [-0.1, -0.05) is 17.7 Å². The van der Waals surface area contributed by atoms with Gasteiger partial charge in [0.2, 0.25) is 0 Å². The molecule has 0 radical (unpaired) electrons. The normalized spacial score (nSPS) is 11.5. The summed E-state index contributed by atoms with van der Waals surface area (Å²) in [5, 5.41) is 2.84. The van der Waals surface area contributed by atoms with E-state index in [1.807, 2.05) is 32.0 Å². The van der Waals surface area contributed by atoms with Crippen molar-refractivity contribution in [3.8, 4) is 12.3 Å². The highest BCUT2D eigenvalue weighted by molar-refractivity contribution is 5.94. The van der Waals surface area contributed by atoms with Crippen molar-refractivity contribution in [3.05, 3.63) is 35.4 Å². The van der Waals surface area contributed by atoms with Crippen LogP contribution in [0, 0.1) is 19.3 Å². The van der Waals surface area contributed by atoms with Gasteiger partial charge in [0.15, 0.2) is 0 Å². The summed E-state index contributed by atoms with van der Waals surface area (Å²) in [5.41, 5.74) is 1.76. The Morgan fingerprint density at radius 2 is 2.33 bits per heavy atom. The molecule has 1 rings (SSSR count). The van der Waals surface area contributed by atoms with E-state index in [1.165, 1.54) is 0 Å². The average molecular weight is 201 g/mol. The van der Waals surface area contributed by atoms with Gasteiger partial charge in [0.25, 0.3) is 5.91 Å². The Labute approximate surface area is 90.7 Å². The topological polar surface area (TPSA) is 29.1 Å². The van der Waals surface area contributed by atoms with E-state index >= 15 is 0 Å². The first-order valence-electron chi connectivity index (χ1n) is 4.94. The fourth-order valence-corrected chi connectivity index (χ4v) is 1.32. The molecule has 1 atom stereocenters. The molecule has 1 N–H and O–H groups in total. The van der Waals surface area contributed by atoms with Crippen molar-refractivity contribution in [2.24, 2.45) is 0 Å². The number of aryl methyl sites for hydroxylation is 1. The second-order valence-corrected chi connectivity index (χ2v) is 3.65. The summed E-state index contributed by atoms with van der Waals surface area (Å²) >= 11 is 0. The highest BCUT2D eigenvalue weighted by Crippen LogP contribution is 2.04. The van der Waals surface area contributed by atoms with Crippen LogP contribution in [0.15, 0.2) is 24.3 Å². The fraction of sp³-hybridized carbons (Fsp3) is 0.308. The number of hydrogen-bond acceptors (Lipinski definition) is 1. The zero-order valence-electron chi connectivity index (χ0n) is 9.08. The number of nitrogens with one attached hydrogen (secondary N) is 1. The lowest BCUT2D eigenvalue weighted by molar-refractivity contribution is 0.0941. The number of carbonyl (C=O) groups excluding carboxylic acids is 1. The standard InChI is InChI=1S/C13H15NO/c1-4-6-11(3)14-13(15)12-8-5-7-10(2)9-12/h1,5,7-9,11H,6H2,2-3H3,(H,14,15). The zero-order valence-corrected chi connectivity index (χ0v) is 9.08. The summed E-state index contributed by atoms with van der Waals surface area (Å²) in [6, 6.07) is 7.50. The minimum Gasteiger partial charge on any atom is -0.349 e. The van der Waals surface area contributed by atoms with Crippen LogP contribution >= 0.6 is 0 Å². The summed E-state index contributed by atoms with van der Waals surface area (Å²) in [6.45, 7) is 3.86. The SMILES string of the molecule is C#CCC(C)NC(=O)c1cccc(C)c1. The van der Waals surface area contributed by atoms with E-state index < -0.39 is 0 Å². The first-order valence-corrected chi connectivity index (χ1v) is 4.94. The molecule has 0 aliphatic rings. The minimum absolute atomic E-state index is 0.0167. The Hall–Kier alpha value is -1.75. The second-order valence-electron chi connectivity index (χ2n) is 3.65.